The fraction of sp³-hybridized carbons (Fsp3) is 0.300. The maximum absolute atomic E-state index is 12.6. The molecule has 5 nitrogen and oxygen atoms in total. The summed E-state index contributed by atoms with van der Waals surface area (Å²) in [6, 6.07) is 13.3. The number of nitrogens with zero attached hydrogens (tertiary/aromatic N) is 2. The summed E-state index contributed by atoms with van der Waals surface area (Å²) in [7, 11) is 0. The van der Waals surface area contributed by atoms with Crippen molar-refractivity contribution in [3.05, 3.63) is 66.1 Å². The highest BCUT2D eigenvalue weighted by molar-refractivity contribution is 5.95. The summed E-state index contributed by atoms with van der Waals surface area (Å²) in [6.07, 6.45) is 4.01. The Bertz CT molecular complexity index is 743. The van der Waals surface area contributed by atoms with Crippen molar-refractivity contribution in [3.63, 3.8) is 0 Å². The molecule has 0 saturated carbocycles. The van der Waals surface area contributed by atoms with Crippen LogP contribution in [0.3, 0.4) is 0 Å². The lowest BCUT2D eigenvalue weighted by Gasteiger charge is -2.34. The molecule has 5 heteroatoms. The third-order valence-corrected chi connectivity index (χ3v) is 4.43. The Balaban J connectivity index is 1.61. The van der Waals surface area contributed by atoms with E-state index >= 15 is 0 Å². The van der Waals surface area contributed by atoms with Gasteiger partial charge in [0.05, 0.1) is 6.26 Å². The quantitative estimate of drug-likeness (QED) is 0.805. The van der Waals surface area contributed by atoms with Crippen molar-refractivity contribution in [1.82, 2.24) is 9.80 Å². The van der Waals surface area contributed by atoms with E-state index in [1.807, 2.05) is 37.3 Å². The van der Waals surface area contributed by atoms with Crippen LogP contribution in [0.15, 0.2) is 59.2 Å². The largest absolute Gasteiger partial charge is 0.459 e. The van der Waals surface area contributed by atoms with Crippen molar-refractivity contribution >= 4 is 17.4 Å². The molecule has 2 heterocycles. The van der Waals surface area contributed by atoms with E-state index in [1.165, 1.54) is 6.26 Å². The number of piperazine rings is 1. The second-order valence-electron chi connectivity index (χ2n) is 5.98. The molecule has 1 aromatic carbocycles. The SMILES string of the molecule is CC/C(=C\C(=O)N1CCN(C(=O)c2ccco2)CC1)c1ccccc1. The standard InChI is InChI=1S/C20H22N2O3/c1-2-16(17-7-4-3-5-8-17)15-19(23)21-10-12-22(13-11-21)20(24)18-9-6-14-25-18/h3-9,14-15H,2,10-13H2,1H3/b16-15+. The van der Waals surface area contributed by atoms with Crippen LogP contribution in [0.2, 0.25) is 0 Å². The topological polar surface area (TPSA) is 53.8 Å². The van der Waals surface area contributed by atoms with Gasteiger partial charge in [-0.05, 0) is 29.7 Å². The number of allylic oxidation sites excluding steroid dienone is 1. The molecule has 1 aliphatic rings. The molecule has 0 aliphatic carbocycles. The molecule has 1 saturated heterocycles. The molecule has 0 bridgehead atoms. The molecule has 3 rings (SSSR count). The molecule has 25 heavy (non-hydrogen) atoms. The summed E-state index contributed by atoms with van der Waals surface area (Å²) in [5.74, 6) is 0.231. The summed E-state index contributed by atoms with van der Waals surface area (Å²) < 4.78 is 5.16. The predicted octanol–water partition coefficient (Wildman–Crippen LogP) is 3.06. The van der Waals surface area contributed by atoms with E-state index < -0.39 is 0 Å². The Morgan fingerprint density at radius 1 is 1.00 bits per heavy atom. The van der Waals surface area contributed by atoms with Gasteiger partial charge in [0.1, 0.15) is 0 Å². The van der Waals surface area contributed by atoms with Gasteiger partial charge in [0.25, 0.3) is 5.91 Å². The highest BCUT2D eigenvalue weighted by atomic mass is 16.3. The Morgan fingerprint density at radius 3 is 2.28 bits per heavy atom. The van der Waals surface area contributed by atoms with E-state index in [4.69, 9.17) is 4.42 Å². The van der Waals surface area contributed by atoms with Crippen molar-refractivity contribution in [1.29, 1.82) is 0 Å². The summed E-state index contributed by atoms with van der Waals surface area (Å²) >= 11 is 0. The van der Waals surface area contributed by atoms with Crippen molar-refractivity contribution in [2.75, 3.05) is 26.2 Å². The van der Waals surface area contributed by atoms with Crippen molar-refractivity contribution in [2.24, 2.45) is 0 Å². The van der Waals surface area contributed by atoms with Crippen LogP contribution in [-0.2, 0) is 4.79 Å². The molecule has 0 radical (unpaired) electrons. The number of hydrogen-bond acceptors (Lipinski definition) is 3. The Hall–Kier alpha value is -2.82. The van der Waals surface area contributed by atoms with E-state index in [9.17, 15) is 9.59 Å². The lowest BCUT2D eigenvalue weighted by atomic mass is 10.0. The minimum absolute atomic E-state index is 0.00537. The molecule has 2 amide bonds. The van der Waals surface area contributed by atoms with Crippen LogP contribution in [-0.4, -0.2) is 47.8 Å². The highest BCUT2D eigenvalue weighted by Crippen LogP contribution is 2.18. The van der Waals surface area contributed by atoms with Gasteiger partial charge < -0.3 is 14.2 Å². The first-order chi connectivity index (χ1) is 12.2. The number of carbonyl (C=O) groups excluding carboxylic acids is 2. The maximum atomic E-state index is 12.6. The molecule has 1 fully saturated rings. The minimum Gasteiger partial charge on any atom is -0.459 e. The van der Waals surface area contributed by atoms with Gasteiger partial charge in [-0.15, -0.1) is 0 Å². The highest BCUT2D eigenvalue weighted by Gasteiger charge is 2.25. The zero-order chi connectivity index (χ0) is 17.6. The van der Waals surface area contributed by atoms with Gasteiger partial charge in [-0.2, -0.15) is 0 Å². The van der Waals surface area contributed by atoms with E-state index in [0.29, 0.717) is 31.9 Å². The molecule has 0 N–H and O–H groups in total. The molecule has 1 aromatic heterocycles. The lowest BCUT2D eigenvalue weighted by molar-refractivity contribution is -0.127. The zero-order valence-corrected chi connectivity index (χ0v) is 14.4. The Morgan fingerprint density at radius 2 is 1.68 bits per heavy atom. The monoisotopic (exact) mass is 338 g/mol. The summed E-state index contributed by atoms with van der Waals surface area (Å²) in [6.45, 7) is 4.16. The average Bonchev–Trinajstić information content (AvgIpc) is 3.21. The van der Waals surface area contributed by atoms with Crippen molar-refractivity contribution in [3.8, 4) is 0 Å². The summed E-state index contributed by atoms with van der Waals surface area (Å²) in [4.78, 5) is 28.4. The smallest absolute Gasteiger partial charge is 0.289 e. The van der Waals surface area contributed by atoms with Crippen LogP contribution in [0.25, 0.3) is 5.57 Å². The molecule has 0 atom stereocenters. The van der Waals surface area contributed by atoms with Gasteiger partial charge in [-0.1, -0.05) is 37.3 Å². The first-order valence-electron chi connectivity index (χ1n) is 8.56. The van der Waals surface area contributed by atoms with Crippen LogP contribution >= 0.6 is 0 Å². The molecule has 0 spiro atoms. The molecule has 0 unspecified atom stereocenters. The van der Waals surface area contributed by atoms with Gasteiger partial charge in [-0.3, -0.25) is 9.59 Å². The second-order valence-corrected chi connectivity index (χ2v) is 5.98. The first kappa shape index (κ1) is 17.0. The number of furan rings is 1. The van der Waals surface area contributed by atoms with Crippen LogP contribution < -0.4 is 0 Å². The Kier molecular flexibility index (Phi) is 5.33. The van der Waals surface area contributed by atoms with Gasteiger partial charge in [0.15, 0.2) is 5.76 Å². The third-order valence-electron chi connectivity index (χ3n) is 4.43. The zero-order valence-electron chi connectivity index (χ0n) is 14.4. The van der Waals surface area contributed by atoms with Gasteiger partial charge >= 0.3 is 0 Å². The van der Waals surface area contributed by atoms with Gasteiger partial charge in [-0.25, -0.2) is 0 Å². The number of amides is 2. The van der Waals surface area contributed by atoms with Crippen LogP contribution in [0, 0.1) is 0 Å². The van der Waals surface area contributed by atoms with E-state index in [-0.39, 0.29) is 11.8 Å². The van der Waals surface area contributed by atoms with Crippen LogP contribution in [0.1, 0.15) is 29.5 Å². The average molecular weight is 338 g/mol. The fourth-order valence-corrected chi connectivity index (χ4v) is 2.97. The van der Waals surface area contributed by atoms with Crippen molar-refractivity contribution < 1.29 is 14.0 Å². The molecular formula is C20H22N2O3. The fourth-order valence-electron chi connectivity index (χ4n) is 2.97. The van der Waals surface area contributed by atoms with E-state index in [2.05, 4.69) is 0 Å². The summed E-state index contributed by atoms with van der Waals surface area (Å²) in [5.41, 5.74) is 2.10. The number of hydrogen-bond donors (Lipinski definition) is 0. The number of rotatable bonds is 4. The van der Waals surface area contributed by atoms with E-state index in [1.54, 1.807) is 28.0 Å². The lowest BCUT2D eigenvalue weighted by Crippen LogP contribution is -2.50. The second kappa shape index (κ2) is 7.83. The Labute approximate surface area is 147 Å². The minimum atomic E-state index is -0.119. The summed E-state index contributed by atoms with van der Waals surface area (Å²) in [5, 5.41) is 0. The normalized spacial score (nSPS) is 15.3. The van der Waals surface area contributed by atoms with Gasteiger partial charge in [0, 0.05) is 32.3 Å². The van der Waals surface area contributed by atoms with Crippen LogP contribution in [0.4, 0.5) is 0 Å². The molecule has 2 aromatic rings. The van der Waals surface area contributed by atoms with Crippen molar-refractivity contribution in [2.45, 2.75) is 13.3 Å². The number of carbonyl (C=O) groups is 2. The van der Waals surface area contributed by atoms with Crippen LogP contribution in [0.5, 0.6) is 0 Å². The maximum Gasteiger partial charge on any atom is 0.289 e. The number of benzene rings is 1. The molecule has 130 valence electrons. The predicted molar refractivity (Wildman–Crippen MR) is 95.9 cm³/mol. The van der Waals surface area contributed by atoms with Gasteiger partial charge in [0.2, 0.25) is 5.91 Å². The third kappa shape index (κ3) is 3.99. The van der Waals surface area contributed by atoms with E-state index in [0.717, 1.165) is 17.6 Å². The molecular weight excluding hydrogens is 316 g/mol. The molecule has 1 aliphatic heterocycles. The first-order valence-corrected chi connectivity index (χ1v) is 8.56.